The van der Waals surface area contributed by atoms with Crippen molar-refractivity contribution >= 4 is 45.6 Å². The molecule has 0 radical (unpaired) electrons. The van der Waals surface area contributed by atoms with Crippen molar-refractivity contribution in [3.05, 3.63) is 34.4 Å². The standard InChI is InChI=1S/C10H9N5O5S2.ClH/c1-15-9(21-10(14-15)22(11,19)20)13-7(16)5-3-2-4-6(12-5)8(17)18;/h2-4H,1H3,(H,17,18)(H2,11,19,20);1H. The Morgan fingerprint density at radius 3 is 2.48 bits per heavy atom. The fourth-order valence-corrected chi connectivity index (χ4v) is 2.90. The van der Waals surface area contributed by atoms with Gasteiger partial charge in [-0.2, -0.15) is 4.99 Å². The molecule has 0 aliphatic rings. The van der Waals surface area contributed by atoms with E-state index in [2.05, 4.69) is 15.1 Å². The first-order valence-electron chi connectivity index (χ1n) is 5.55. The number of carboxylic acids is 1. The zero-order chi connectivity index (χ0) is 16.5. The number of carbonyl (C=O) groups is 2. The molecule has 0 aromatic carbocycles. The van der Waals surface area contributed by atoms with Crippen molar-refractivity contribution in [1.82, 2.24) is 14.8 Å². The molecule has 13 heteroatoms. The lowest BCUT2D eigenvalue weighted by Gasteiger charge is -1.96. The quantitative estimate of drug-likeness (QED) is 0.719. The maximum Gasteiger partial charge on any atom is 0.354 e. The van der Waals surface area contributed by atoms with Crippen LogP contribution >= 0.6 is 23.7 Å². The van der Waals surface area contributed by atoms with E-state index in [0.29, 0.717) is 11.3 Å². The second-order valence-corrected chi connectivity index (χ2v) is 6.64. The summed E-state index contributed by atoms with van der Waals surface area (Å²) in [6, 6.07) is 3.87. The molecule has 0 aliphatic carbocycles. The van der Waals surface area contributed by atoms with Gasteiger partial charge in [-0.15, -0.1) is 17.5 Å². The summed E-state index contributed by atoms with van der Waals surface area (Å²) in [4.78, 5) is 30.1. The van der Waals surface area contributed by atoms with Crippen LogP contribution in [0.1, 0.15) is 21.0 Å². The van der Waals surface area contributed by atoms with Crippen LogP contribution in [0, 0.1) is 0 Å². The van der Waals surface area contributed by atoms with Crippen molar-refractivity contribution < 1.29 is 23.1 Å². The summed E-state index contributed by atoms with van der Waals surface area (Å²) in [5.74, 6) is -2.11. The fourth-order valence-electron chi connectivity index (χ4n) is 1.36. The van der Waals surface area contributed by atoms with Crippen LogP contribution in [0.2, 0.25) is 0 Å². The first-order valence-corrected chi connectivity index (χ1v) is 7.91. The number of hydrogen-bond donors (Lipinski definition) is 2. The zero-order valence-electron chi connectivity index (χ0n) is 11.4. The monoisotopic (exact) mass is 379 g/mol. The summed E-state index contributed by atoms with van der Waals surface area (Å²) in [5, 5.41) is 17.4. The molecule has 2 heterocycles. The molecule has 0 saturated carbocycles. The van der Waals surface area contributed by atoms with Crippen molar-refractivity contribution in [3.8, 4) is 0 Å². The third-order valence-electron chi connectivity index (χ3n) is 2.31. The highest BCUT2D eigenvalue weighted by Crippen LogP contribution is 2.05. The summed E-state index contributed by atoms with van der Waals surface area (Å²) in [6.45, 7) is 0. The maximum absolute atomic E-state index is 12.0. The van der Waals surface area contributed by atoms with E-state index in [-0.39, 0.29) is 28.6 Å². The zero-order valence-corrected chi connectivity index (χ0v) is 13.9. The van der Waals surface area contributed by atoms with E-state index in [4.69, 9.17) is 10.2 Å². The van der Waals surface area contributed by atoms with Gasteiger partial charge in [0.25, 0.3) is 15.9 Å². The molecular formula is C10H10ClN5O5S2. The predicted molar refractivity (Wildman–Crippen MR) is 80.8 cm³/mol. The van der Waals surface area contributed by atoms with Gasteiger partial charge in [-0.3, -0.25) is 4.79 Å². The number of amides is 1. The second-order valence-electron chi connectivity index (χ2n) is 3.95. The SMILES string of the molecule is Cl.Cn1nc(S(N)(=O)=O)sc1=NC(=O)c1cccc(C(=O)O)n1. The number of nitrogens with two attached hydrogens (primary N) is 1. The molecule has 2 rings (SSSR count). The number of rotatable bonds is 3. The molecule has 10 nitrogen and oxygen atoms in total. The Hall–Kier alpha value is -2.15. The number of aryl methyl sites for hydroxylation is 1. The fraction of sp³-hybridized carbons (Fsp3) is 0.100. The molecule has 3 N–H and O–H groups in total. The number of hydrogen-bond acceptors (Lipinski definition) is 7. The van der Waals surface area contributed by atoms with Crippen molar-refractivity contribution in [2.75, 3.05) is 0 Å². The van der Waals surface area contributed by atoms with Crippen LogP contribution in [0.5, 0.6) is 0 Å². The minimum Gasteiger partial charge on any atom is -0.477 e. The topological polar surface area (TPSA) is 158 Å². The lowest BCUT2D eigenvalue weighted by Crippen LogP contribution is -2.16. The van der Waals surface area contributed by atoms with Crippen LogP contribution in [0.4, 0.5) is 0 Å². The van der Waals surface area contributed by atoms with Gasteiger partial charge in [0.1, 0.15) is 11.4 Å². The highest BCUT2D eigenvalue weighted by Gasteiger charge is 2.16. The molecule has 0 spiro atoms. The molecule has 0 saturated heterocycles. The number of sulfonamides is 1. The minimum absolute atomic E-state index is 0. The Labute approximate surface area is 139 Å². The molecule has 1 amide bonds. The first-order chi connectivity index (χ1) is 10.2. The largest absolute Gasteiger partial charge is 0.477 e. The smallest absolute Gasteiger partial charge is 0.354 e. The predicted octanol–water partition coefficient (Wildman–Crippen LogP) is -0.615. The molecule has 23 heavy (non-hydrogen) atoms. The van der Waals surface area contributed by atoms with Gasteiger partial charge in [0.2, 0.25) is 9.14 Å². The van der Waals surface area contributed by atoms with Crippen molar-refractivity contribution in [2.24, 2.45) is 17.2 Å². The number of carbonyl (C=O) groups excluding carboxylic acids is 1. The maximum atomic E-state index is 12.0. The van der Waals surface area contributed by atoms with Gasteiger partial charge >= 0.3 is 5.97 Å². The summed E-state index contributed by atoms with van der Waals surface area (Å²) in [7, 11) is -2.61. The number of nitrogens with zero attached hydrogens (tertiary/aromatic N) is 4. The van der Waals surface area contributed by atoms with Gasteiger partial charge in [0, 0.05) is 7.05 Å². The Morgan fingerprint density at radius 2 is 1.96 bits per heavy atom. The summed E-state index contributed by atoms with van der Waals surface area (Å²) in [5.41, 5.74) is -0.495. The Balaban J connectivity index is 0.00000264. The van der Waals surface area contributed by atoms with E-state index in [1.807, 2.05) is 0 Å². The van der Waals surface area contributed by atoms with Gasteiger partial charge in [0.15, 0.2) is 0 Å². The highest BCUT2D eigenvalue weighted by molar-refractivity contribution is 7.91. The lowest BCUT2D eigenvalue weighted by atomic mass is 10.3. The Kier molecular flexibility index (Phi) is 5.71. The normalized spacial score (nSPS) is 11.8. The number of aromatic carboxylic acids is 1. The molecule has 124 valence electrons. The third kappa shape index (κ3) is 4.41. The average molecular weight is 380 g/mol. The molecule has 0 bridgehead atoms. The second kappa shape index (κ2) is 6.95. The van der Waals surface area contributed by atoms with Gasteiger partial charge < -0.3 is 5.11 Å². The summed E-state index contributed by atoms with van der Waals surface area (Å²) < 4.78 is 23.0. The van der Waals surface area contributed by atoms with E-state index >= 15 is 0 Å². The van der Waals surface area contributed by atoms with Crippen LogP contribution in [0.3, 0.4) is 0 Å². The average Bonchev–Trinajstić information content (AvgIpc) is 2.80. The van der Waals surface area contributed by atoms with E-state index in [1.165, 1.54) is 25.2 Å². The number of pyridine rings is 1. The van der Waals surface area contributed by atoms with Crippen molar-refractivity contribution in [2.45, 2.75) is 4.34 Å². The van der Waals surface area contributed by atoms with Gasteiger partial charge in [-0.25, -0.2) is 28.0 Å². The van der Waals surface area contributed by atoms with Crippen LogP contribution in [0.15, 0.2) is 27.5 Å². The van der Waals surface area contributed by atoms with E-state index in [9.17, 15) is 18.0 Å². The molecule has 0 fully saturated rings. The van der Waals surface area contributed by atoms with Crippen molar-refractivity contribution in [3.63, 3.8) is 0 Å². The minimum atomic E-state index is -4.00. The summed E-state index contributed by atoms with van der Waals surface area (Å²) >= 11 is 0.607. The highest BCUT2D eigenvalue weighted by atomic mass is 35.5. The Bertz CT molecular complexity index is 933. The van der Waals surface area contributed by atoms with Crippen LogP contribution in [-0.2, 0) is 17.1 Å². The van der Waals surface area contributed by atoms with E-state index in [1.54, 1.807) is 0 Å². The number of primary sulfonamides is 1. The molecule has 2 aromatic rings. The first kappa shape index (κ1) is 18.9. The summed E-state index contributed by atoms with van der Waals surface area (Å²) in [6.07, 6.45) is 0. The molecule has 0 atom stereocenters. The van der Waals surface area contributed by atoms with E-state index < -0.39 is 26.2 Å². The molecule has 0 unspecified atom stereocenters. The van der Waals surface area contributed by atoms with Gasteiger partial charge in [-0.1, -0.05) is 17.4 Å². The van der Waals surface area contributed by atoms with Gasteiger partial charge in [-0.05, 0) is 12.1 Å². The lowest BCUT2D eigenvalue weighted by molar-refractivity contribution is 0.0690. The number of carboxylic acid groups (broad SMARTS) is 1. The van der Waals surface area contributed by atoms with Crippen molar-refractivity contribution in [1.29, 1.82) is 0 Å². The molecular weight excluding hydrogens is 370 g/mol. The van der Waals surface area contributed by atoms with E-state index in [0.717, 1.165) is 4.68 Å². The number of aromatic nitrogens is 3. The molecule has 2 aromatic heterocycles. The number of halogens is 1. The molecule has 0 aliphatic heterocycles. The Morgan fingerprint density at radius 1 is 1.35 bits per heavy atom. The van der Waals surface area contributed by atoms with Crippen LogP contribution < -0.4 is 9.94 Å². The van der Waals surface area contributed by atoms with Crippen LogP contribution in [-0.4, -0.2) is 40.2 Å². The third-order valence-corrected chi connectivity index (χ3v) is 4.62. The van der Waals surface area contributed by atoms with Gasteiger partial charge in [0.05, 0.1) is 0 Å². The van der Waals surface area contributed by atoms with Crippen LogP contribution in [0.25, 0.3) is 0 Å².